The van der Waals surface area contributed by atoms with Crippen molar-refractivity contribution < 1.29 is 9.84 Å². The molecule has 1 aliphatic rings. The normalized spacial score (nSPS) is 26.4. The lowest BCUT2D eigenvalue weighted by atomic mass is 10.0. The standard InChI is InChI=1S/C9H13N3O2/c13-6-9(2-5-14-7-9)12-8-10-3-1-4-11-8/h1,3-4,13H,2,5-7H2,(H,10,11,12). The van der Waals surface area contributed by atoms with Crippen LogP contribution in [0.5, 0.6) is 0 Å². The van der Waals surface area contributed by atoms with E-state index in [9.17, 15) is 5.11 Å². The molecule has 1 aromatic rings. The van der Waals surface area contributed by atoms with Gasteiger partial charge in [0.05, 0.1) is 18.8 Å². The highest BCUT2D eigenvalue weighted by molar-refractivity contribution is 5.29. The molecule has 1 unspecified atom stereocenters. The van der Waals surface area contributed by atoms with Crippen LogP contribution in [-0.4, -0.2) is 40.4 Å². The Labute approximate surface area is 82.1 Å². The first kappa shape index (κ1) is 9.36. The Hall–Kier alpha value is -1.20. The number of rotatable bonds is 3. The molecule has 5 nitrogen and oxygen atoms in total. The lowest BCUT2D eigenvalue weighted by Gasteiger charge is -2.25. The third-order valence-corrected chi connectivity index (χ3v) is 2.35. The molecule has 1 saturated heterocycles. The highest BCUT2D eigenvalue weighted by Crippen LogP contribution is 2.21. The van der Waals surface area contributed by atoms with Crippen molar-refractivity contribution in [3.8, 4) is 0 Å². The quantitative estimate of drug-likeness (QED) is 0.712. The van der Waals surface area contributed by atoms with E-state index < -0.39 is 5.54 Å². The van der Waals surface area contributed by atoms with Gasteiger partial charge in [-0.25, -0.2) is 9.97 Å². The fraction of sp³-hybridized carbons (Fsp3) is 0.556. The lowest BCUT2D eigenvalue weighted by molar-refractivity contribution is 0.152. The average Bonchev–Trinajstić information content (AvgIpc) is 2.69. The Morgan fingerprint density at radius 2 is 2.29 bits per heavy atom. The number of ether oxygens (including phenoxy) is 1. The molecule has 2 heterocycles. The van der Waals surface area contributed by atoms with Crippen molar-refractivity contribution in [2.75, 3.05) is 25.1 Å². The molecule has 1 atom stereocenters. The van der Waals surface area contributed by atoms with Crippen LogP contribution in [0.2, 0.25) is 0 Å². The van der Waals surface area contributed by atoms with E-state index in [0.717, 1.165) is 6.42 Å². The minimum absolute atomic E-state index is 0.0330. The molecule has 0 aromatic carbocycles. The molecule has 1 aliphatic heterocycles. The Bertz CT molecular complexity index is 285. The topological polar surface area (TPSA) is 67.3 Å². The zero-order valence-electron chi connectivity index (χ0n) is 7.81. The molecule has 0 aliphatic carbocycles. The van der Waals surface area contributed by atoms with Gasteiger partial charge in [-0.15, -0.1) is 0 Å². The molecular weight excluding hydrogens is 182 g/mol. The van der Waals surface area contributed by atoms with Crippen molar-refractivity contribution in [2.45, 2.75) is 12.0 Å². The summed E-state index contributed by atoms with van der Waals surface area (Å²) >= 11 is 0. The van der Waals surface area contributed by atoms with Crippen molar-refractivity contribution in [3.05, 3.63) is 18.5 Å². The van der Waals surface area contributed by atoms with Gasteiger partial charge in [-0.1, -0.05) is 0 Å². The van der Waals surface area contributed by atoms with E-state index in [4.69, 9.17) is 4.74 Å². The predicted molar refractivity (Wildman–Crippen MR) is 50.9 cm³/mol. The van der Waals surface area contributed by atoms with Gasteiger partial charge in [0.1, 0.15) is 0 Å². The van der Waals surface area contributed by atoms with E-state index in [2.05, 4.69) is 15.3 Å². The SMILES string of the molecule is OCC1(Nc2ncccn2)CCOC1. The number of aliphatic hydroxyl groups excluding tert-OH is 1. The van der Waals surface area contributed by atoms with E-state index in [1.165, 1.54) is 0 Å². The van der Waals surface area contributed by atoms with Gasteiger partial charge in [0.15, 0.2) is 0 Å². The van der Waals surface area contributed by atoms with Crippen molar-refractivity contribution in [3.63, 3.8) is 0 Å². The molecule has 2 rings (SSSR count). The first-order chi connectivity index (χ1) is 6.85. The van der Waals surface area contributed by atoms with Crippen LogP contribution in [0.4, 0.5) is 5.95 Å². The van der Waals surface area contributed by atoms with Gasteiger partial charge in [0, 0.05) is 19.0 Å². The van der Waals surface area contributed by atoms with E-state index in [-0.39, 0.29) is 6.61 Å². The summed E-state index contributed by atoms with van der Waals surface area (Å²) in [6.07, 6.45) is 4.11. The fourth-order valence-corrected chi connectivity index (χ4v) is 1.47. The molecule has 1 aromatic heterocycles. The number of anilines is 1. The van der Waals surface area contributed by atoms with Crippen LogP contribution in [0.25, 0.3) is 0 Å². The lowest BCUT2D eigenvalue weighted by Crippen LogP contribution is -2.43. The Morgan fingerprint density at radius 1 is 1.50 bits per heavy atom. The summed E-state index contributed by atoms with van der Waals surface area (Å²) in [7, 11) is 0. The summed E-state index contributed by atoms with van der Waals surface area (Å²) in [5, 5.41) is 12.4. The van der Waals surface area contributed by atoms with Crippen LogP contribution in [0.1, 0.15) is 6.42 Å². The summed E-state index contributed by atoms with van der Waals surface area (Å²) in [4.78, 5) is 8.09. The van der Waals surface area contributed by atoms with Crippen LogP contribution >= 0.6 is 0 Å². The number of hydrogen-bond donors (Lipinski definition) is 2. The Morgan fingerprint density at radius 3 is 2.86 bits per heavy atom. The number of aliphatic hydroxyl groups is 1. The number of hydrogen-bond acceptors (Lipinski definition) is 5. The van der Waals surface area contributed by atoms with Gasteiger partial charge in [-0.05, 0) is 12.5 Å². The molecule has 2 N–H and O–H groups in total. The second kappa shape index (κ2) is 3.89. The molecule has 76 valence electrons. The molecule has 14 heavy (non-hydrogen) atoms. The molecule has 0 saturated carbocycles. The fourth-order valence-electron chi connectivity index (χ4n) is 1.47. The van der Waals surface area contributed by atoms with Crippen molar-refractivity contribution in [2.24, 2.45) is 0 Å². The zero-order valence-corrected chi connectivity index (χ0v) is 7.81. The third kappa shape index (κ3) is 1.83. The Kier molecular flexibility index (Phi) is 2.60. The summed E-state index contributed by atoms with van der Waals surface area (Å²) in [5.41, 5.74) is -0.401. The van der Waals surface area contributed by atoms with Crippen LogP contribution in [0, 0.1) is 0 Å². The van der Waals surface area contributed by atoms with Crippen LogP contribution < -0.4 is 5.32 Å². The molecular formula is C9H13N3O2. The molecule has 0 spiro atoms. The number of nitrogens with zero attached hydrogens (tertiary/aromatic N) is 2. The minimum Gasteiger partial charge on any atom is -0.394 e. The largest absolute Gasteiger partial charge is 0.394 e. The van der Waals surface area contributed by atoms with Gasteiger partial charge in [0.25, 0.3) is 0 Å². The van der Waals surface area contributed by atoms with Crippen molar-refractivity contribution >= 4 is 5.95 Å². The number of aromatic nitrogens is 2. The minimum atomic E-state index is -0.401. The van der Waals surface area contributed by atoms with Crippen molar-refractivity contribution in [1.29, 1.82) is 0 Å². The molecule has 0 radical (unpaired) electrons. The maximum Gasteiger partial charge on any atom is 0.223 e. The van der Waals surface area contributed by atoms with Gasteiger partial charge in [-0.3, -0.25) is 0 Å². The van der Waals surface area contributed by atoms with Gasteiger partial charge >= 0.3 is 0 Å². The monoisotopic (exact) mass is 195 g/mol. The summed E-state index contributed by atoms with van der Waals surface area (Å²) in [5.74, 6) is 0.534. The Balaban J connectivity index is 2.08. The zero-order chi connectivity index (χ0) is 9.86. The maximum absolute atomic E-state index is 9.28. The first-order valence-electron chi connectivity index (χ1n) is 4.58. The summed E-state index contributed by atoms with van der Waals surface area (Å²) in [6, 6.07) is 1.75. The first-order valence-corrected chi connectivity index (χ1v) is 4.58. The molecule has 5 heteroatoms. The van der Waals surface area contributed by atoms with E-state index in [1.807, 2.05) is 0 Å². The van der Waals surface area contributed by atoms with Gasteiger partial charge < -0.3 is 15.2 Å². The smallest absolute Gasteiger partial charge is 0.223 e. The van der Waals surface area contributed by atoms with Gasteiger partial charge in [-0.2, -0.15) is 0 Å². The van der Waals surface area contributed by atoms with E-state index in [0.29, 0.717) is 19.2 Å². The van der Waals surface area contributed by atoms with Crippen LogP contribution in [0.3, 0.4) is 0 Å². The van der Waals surface area contributed by atoms with Crippen LogP contribution in [0.15, 0.2) is 18.5 Å². The van der Waals surface area contributed by atoms with E-state index in [1.54, 1.807) is 18.5 Å². The van der Waals surface area contributed by atoms with Gasteiger partial charge in [0.2, 0.25) is 5.95 Å². The highest BCUT2D eigenvalue weighted by Gasteiger charge is 2.34. The predicted octanol–water partition coefficient (Wildman–Crippen LogP) is 0.0399. The van der Waals surface area contributed by atoms with Crippen LogP contribution in [-0.2, 0) is 4.74 Å². The van der Waals surface area contributed by atoms with E-state index >= 15 is 0 Å². The highest BCUT2D eigenvalue weighted by atomic mass is 16.5. The third-order valence-electron chi connectivity index (χ3n) is 2.35. The summed E-state index contributed by atoms with van der Waals surface area (Å²) in [6.45, 7) is 1.20. The second-order valence-electron chi connectivity index (χ2n) is 3.44. The average molecular weight is 195 g/mol. The molecule has 0 bridgehead atoms. The number of nitrogens with one attached hydrogen (secondary N) is 1. The molecule has 0 amide bonds. The second-order valence-corrected chi connectivity index (χ2v) is 3.44. The molecule has 1 fully saturated rings. The summed E-state index contributed by atoms with van der Waals surface area (Å²) < 4.78 is 5.25. The maximum atomic E-state index is 9.28. The van der Waals surface area contributed by atoms with Crippen molar-refractivity contribution in [1.82, 2.24) is 9.97 Å².